The number of halogens is 1. The Kier molecular flexibility index (Phi) is 3.01. The van der Waals surface area contributed by atoms with Gasteiger partial charge >= 0.3 is 5.97 Å². The lowest BCUT2D eigenvalue weighted by molar-refractivity contribution is 0.0695. The van der Waals surface area contributed by atoms with Gasteiger partial charge in [-0.15, -0.1) is 0 Å². The number of carboxylic acid groups (broad SMARTS) is 1. The Labute approximate surface area is 101 Å². The van der Waals surface area contributed by atoms with Gasteiger partial charge in [0.1, 0.15) is 4.60 Å². The molecule has 1 aromatic heterocycles. The van der Waals surface area contributed by atoms with Crippen molar-refractivity contribution in [3.8, 4) is 11.3 Å². The highest BCUT2D eigenvalue weighted by Crippen LogP contribution is 2.21. The average Bonchev–Trinajstić information content (AvgIpc) is 2.29. The summed E-state index contributed by atoms with van der Waals surface area (Å²) in [6.45, 7) is 0. The zero-order valence-corrected chi connectivity index (χ0v) is 9.81. The van der Waals surface area contributed by atoms with Crippen LogP contribution < -0.4 is 0 Å². The molecule has 0 aliphatic rings. The third kappa shape index (κ3) is 2.12. The normalized spacial score (nSPS) is 10.1. The van der Waals surface area contributed by atoms with E-state index in [0.717, 1.165) is 11.3 Å². The molecule has 2 rings (SSSR count). The Morgan fingerprint density at radius 3 is 2.38 bits per heavy atom. The number of carbonyl (C=O) groups is 1. The van der Waals surface area contributed by atoms with Gasteiger partial charge in [-0.25, -0.2) is 9.78 Å². The van der Waals surface area contributed by atoms with Gasteiger partial charge in [-0.3, -0.25) is 0 Å². The van der Waals surface area contributed by atoms with Crippen LogP contribution in [-0.4, -0.2) is 16.1 Å². The molecular formula is C12H8BrNO2. The van der Waals surface area contributed by atoms with Crippen LogP contribution in [0.25, 0.3) is 11.3 Å². The van der Waals surface area contributed by atoms with Gasteiger partial charge in [-0.05, 0) is 28.1 Å². The topological polar surface area (TPSA) is 50.2 Å². The second kappa shape index (κ2) is 4.45. The number of pyridine rings is 1. The van der Waals surface area contributed by atoms with Crippen LogP contribution in [0.1, 0.15) is 10.4 Å². The van der Waals surface area contributed by atoms with E-state index in [4.69, 9.17) is 5.11 Å². The Hall–Kier alpha value is -1.68. The lowest BCUT2D eigenvalue weighted by Crippen LogP contribution is -1.99. The minimum absolute atomic E-state index is 0.166. The van der Waals surface area contributed by atoms with Crippen LogP contribution in [-0.2, 0) is 0 Å². The number of benzene rings is 1. The lowest BCUT2D eigenvalue weighted by atomic mass is 10.1. The highest BCUT2D eigenvalue weighted by Gasteiger charge is 2.10. The number of aromatic nitrogens is 1. The molecule has 2 aromatic rings. The zero-order valence-electron chi connectivity index (χ0n) is 8.22. The van der Waals surface area contributed by atoms with E-state index < -0.39 is 5.97 Å². The van der Waals surface area contributed by atoms with Gasteiger partial charge in [0.05, 0.1) is 11.3 Å². The number of nitrogens with zero attached hydrogens (tertiary/aromatic N) is 1. The number of rotatable bonds is 2. The molecule has 16 heavy (non-hydrogen) atoms. The van der Waals surface area contributed by atoms with E-state index in [-0.39, 0.29) is 5.56 Å². The summed E-state index contributed by atoms with van der Waals surface area (Å²) in [4.78, 5) is 15.0. The SMILES string of the molecule is O=C(O)c1ccc(-c2ccccc2)nc1Br. The van der Waals surface area contributed by atoms with E-state index in [1.165, 1.54) is 0 Å². The smallest absolute Gasteiger partial charge is 0.338 e. The van der Waals surface area contributed by atoms with Gasteiger partial charge in [0, 0.05) is 5.56 Å². The van der Waals surface area contributed by atoms with Gasteiger partial charge in [-0.2, -0.15) is 0 Å². The van der Waals surface area contributed by atoms with Crippen molar-refractivity contribution in [2.24, 2.45) is 0 Å². The summed E-state index contributed by atoms with van der Waals surface area (Å²) in [5.74, 6) is -0.987. The van der Waals surface area contributed by atoms with Crippen molar-refractivity contribution in [1.82, 2.24) is 4.98 Å². The minimum Gasteiger partial charge on any atom is -0.478 e. The molecule has 0 bridgehead atoms. The molecule has 0 fully saturated rings. The van der Waals surface area contributed by atoms with Crippen molar-refractivity contribution in [2.45, 2.75) is 0 Å². The Morgan fingerprint density at radius 2 is 1.81 bits per heavy atom. The van der Waals surface area contributed by atoms with E-state index in [1.54, 1.807) is 12.1 Å². The van der Waals surface area contributed by atoms with Crippen LogP contribution in [0.4, 0.5) is 0 Å². The largest absolute Gasteiger partial charge is 0.478 e. The third-order valence-corrected chi connectivity index (χ3v) is 2.75. The fraction of sp³-hybridized carbons (Fsp3) is 0. The summed E-state index contributed by atoms with van der Waals surface area (Å²) in [6.07, 6.45) is 0. The average molecular weight is 278 g/mol. The first-order valence-corrected chi connectivity index (χ1v) is 5.43. The molecule has 0 aliphatic carbocycles. The molecule has 1 N–H and O–H groups in total. The van der Waals surface area contributed by atoms with E-state index in [1.807, 2.05) is 30.3 Å². The maximum Gasteiger partial charge on any atom is 0.338 e. The molecule has 0 atom stereocenters. The van der Waals surface area contributed by atoms with E-state index >= 15 is 0 Å². The quantitative estimate of drug-likeness (QED) is 0.858. The molecule has 0 spiro atoms. The van der Waals surface area contributed by atoms with Crippen molar-refractivity contribution in [3.63, 3.8) is 0 Å². The number of hydrogen-bond donors (Lipinski definition) is 1. The van der Waals surface area contributed by atoms with Gasteiger partial charge in [0.15, 0.2) is 0 Å². The summed E-state index contributed by atoms with van der Waals surface area (Å²) < 4.78 is 0.348. The monoisotopic (exact) mass is 277 g/mol. The fourth-order valence-electron chi connectivity index (χ4n) is 1.36. The first-order valence-electron chi connectivity index (χ1n) is 4.64. The van der Waals surface area contributed by atoms with Crippen LogP contribution in [0.3, 0.4) is 0 Å². The molecule has 0 aliphatic heterocycles. The van der Waals surface area contributed by atoms with Crippen LogP contribution in [0.15, 0.2) is 47.1 Å². The molecule has 1 heterocycles. The summed E-state index contributed by atoms with van der Waals surface area (Å²) in [7, 11) is 0. The van der Waals surface area contributed by atoms with Crippen LogP contribution >= 0.6 is 15.9 Å². The summed E-state index contributed by atoms with van der Waals surface area (Å²) >= 11 is 3.15. The van der Waals surface area contributed by atoms with E-state index in [2.05, 4.69) is 20.9 Å². The van der Waals surface area contributed by atoms with Crippen molar-refractivity contribution in [1.29, 1.82) is 0 Å². The van der Waals surface area contributed by atoms with Gasteiger partial charge in [-0.1, -0.05) is 30.3 Å². The van der Waals surface area contributed by atoms with Crippen LogP contribution in [0, 0.1) is 0 Å². The van der Waals surface area contributed by atoms with Crippen molar-refractivity contribution in [3.05, 3.63) is 52.6 Å². The highest BCUT2D eigenvalue weighted by atomic mass is 79.9. The lowest BCUT2D eigenvalue weighted by Gasteiger charge is -2.03. The maximum absolute atomic E-state index is 10.8. The molecular weight excluding hydrogens is 270 g/mol. The van der Waals surface area contributed by atoms with Gasteiger partial charge in [0.25, 0.3) is 0 Å². The van der Waals surface area contributed by atoms with Gasteiger partial charge < -0.3 is 5.11 Å². The second-order valence-corrected chi connectivity index (χ2v) is 3.96. The van der Waals surface area contributed by atoms with Crippen molar-refractivity contribution >= 4 is 21.9 Å². The Balaban J connectivity index is 2.46. The van der Waals surface area contributed by atoms with Crippen molar-refractivity contribution in [2.75, 3.05) is 0 Å². The number of hydrogen-bond acceptors (Lipinski definition) is 2. The summed E-state index contributed by atoms with van der Waals surface area (Å²) in [5.41, 5.74) is 1.87. The fourth-order valence-corrected chi connectivity index (χ4v) is 1.86. The van der Waals surface area contributed by atoms with Gasteiger partial charge in [0.2, 0.25) is 0 Å². The van der Waals surface area contributed by atoms with E-state index in [9.17, 15) is 4.79 Å². The minimum atomic E-state index is -0.987. The molecule has 1 aromatic carbocycles. The first kappa shape index (κ1) is 10.8. The predicted molar refractivity (Wildman–Crippen MR) is 64.3 cm³/mol. The molecule has 0 amide bonds. The third-order valence-electron chi connectivity index (χ3n) is 2.15. The molecule has 3 nitrogen and oxygen atoms in total. The van der Waals surface area contributed by atoms with Crippen LogP contribution in [0.5, 0.6) is 0 Å². The Morgan fingerprint density at radius 1 is 1.12 bits per heavy atom. The number of carboxylic acids is 1. The Bertz CT molecular complexity index is 526. The summed E-state index contributed by atoms with van der Waals surface area (Å²) in [5, 5.41) is 8.86. The highest BCUT2D eigenvalue weighted by molar-refractivity contribution is 9.10. The van der Waals surface area contributed by atoms with Crippen LogP contribution in [0.2, 0.25) is 0 Å². The first-order chi connectivity index (χ1) is 7.68. The van der Waals surface area contributed by atoms with E-state index in [0.29, 0.717) is 4.60 Å². The molecule has 4 heteroatoms. The molecule has 0 saturated carbocycles. The van der Waals surface area contributed by atoms with Crippen molar-refractivity contribution < 1.29 is 9.90 Å². The molecule has 0 radical (unpaired) electrons. The molecule has 0 unspecified atom stereocenters. The summed E-state index contributed by atoms with van der Waals surface area (Å²) in [6, 6.07) is 12.8. The standard InChI is InChI=1S/C12H8BrNO2/c13-11-9(12(15)16)6-7-10(14-11)8-4-2-1-3-5-8/h1-7H,(H,15,16). The maximum atomic E-state index is 10.8. The molecule has 80 valence electrons. The zero-order chi connectivity index (χ0) is 11.5. The predicted octanol–water partition coefficient (Wildman–Crippen LogP) is 3.21. The number of aromatic carboxylic acids is 1. The second-order valence-electron chi connectivity index (χ2n) is 3.21. The molecule has 0 saturated heterocycles.